The fourth-order valence-electron chi connectivity index (χ4n) is 1.83. The van der Waals surface area contributed by atoms with E-state index in [1.165, 1.54) is 0 Å². The van der Waals surface area contributed by atoms with E-state index in [0.29, 0.717) is 5.69 Å². The van der Waals surface area contributed by atoms with Gasteiger partial charge in [-0.1, -0.05) is 11.3 Å². The van der Waals surface area contributed by atoms with Crippen LogP contribution < -0.4 is 9.60 Å². The number of sulfonamides is 1. The smallest absolute Gasteiger partial charge is 0.305 e. The zero-order valence-corrected chi connectivity index (χ0v) is 10.8. The first-order valence-electron chi connectivity index (χ1n) is 5.06. The van der Waals surface area contributed by atoms with Crippen LogP contribution in [0.25, 0.3) is 0 Å². The summed E-state index contributed by atoms with van der Waals surface area (Å²) in [6, 6.07) is 0. The summed E-state index contributed by atoms with van der Waals surface area (Å²) in [4.78, 5) is 13.2. The highest BCUT2D eigenvalue weighted by Crippen LogP contribution is 2.33. The topological polar surface area (TPSA) is 79.0 Å². The molecule has 2 N–H and O–H groups in total. The van der Waals surface area contributed by atoms with E-state index in [2.05, 4.69) is 9.71 Å². The average Bonchev–Trinajstić information content (AvgIpc) is 2.42. The summed E-state index contributed by atoms with van der Waals surface area (Å²) < 4.78 is 26.8. The lowest BCUT2D eigenvalue weighted by molar-refractivity contribution is 0.248. The Morgan fingerprint density at radius 2 is 2.06 bits per heavy atom. The van der Waals surface area contributed by atoms with Gasteiger partial charge in [0, 0.05) is 11.2 Å². The van der Waals surface area contributed by atoms with E-state index in [1.807, 2.05) is 6.92 Å². The van der Waals surface area contributed by atoms with E-state index in [0.717, 1.165) is 30.6 Å². The first kappa shape index (κ1) is 11.8. The van der Waals surface area contributed by atoms with Gasteiger partial charge >= 0.3 is 4.87 Å². The van der Waals surface area contributed by atoms with Gasteiger partial charge in [0.25, 0.3) is 10.0 Å². The number of nitrogens with one attached hydrogen (secondary N) is 2. The molecule has 90 valence electrons. The van der Waals surface area contributed by atoms with Crippen LogP contribution in [0.3, 0.4) is 0 Å². The summed E-state index contributed by atoms with van der Waals surface area (Å²) >= 11 is 0.735. The first-order chi connectivity index (χ1) is 7.32. The molecule has 0 radical (unpaired) electrons. The van der Waals surface area contributed by atoms with E-state index in [1.54, 1.807) is 6.92 Å². The number of aromatic nitrogens is 1. The normalized spacial score (nSPS) is 19.4. The van der Waals surface area contributed by atoms with Crippen molar-refractivity contribution in [2.45, 2.75) is 42.9 Å². The molecule has 1 fully saturated rings. The molecule has 16 heavy (non-hydrogen) atoms. The standard InChI is InChI=1S/C9H14N2O3S2/c1-6-7(15-8(12)10-6)16(13,14)11-9(2)4-3-5-9/h11H,3-5H2,1-2H3,(H,10,12). The lowest BCUT2D eigenvalue weighted by Gasteiger charge is -2.38. The van der Waals surface area contributed by atoms with Gasteiger partial charge in [-0.25, -0.2) is 13.1 Å². The predicted octanol–water partition coefficient (Wildman–Crippen LogP) is 0.966. The summed E-state index contributed by atoms with van der Waals surface area (Å²) in [5.41, 5.74) is 0.0728. The Bertz CT molecular complexity index is 552. The molecular weight excluding hydrogens is 248 g/mol. The fraction of sp³-hybridized carbons (Fsp3) is 0.667. The minimum absolute atomic E-state index is 0.102. The minimum Gasteiger partial charge on any atom is -0.315 e. The number of rotatable bonds is 3. The van der Waals surface area contributed by atoms with Crippen LogP contribution >= 0.6 is 11.3 Å². The van der Waals surface area contributed by atoms with Gasteiger partial charge in [0.05, 0.1) is 0 Å². The number of hydrogen-bond donors (Lipinski definition) is 2. The molecule has 1 aromatic heterocycles. The highest BCUT2D eigenvalue weighted by atomic mass is 32.2. The molecule has 0 atom stereocenters. The predicted molar refractivity (Wildman–Crippen MR) is 62.3 cm³/mol. The summed E-state index contributed by atoms with van der Waals surface area (Å²) in [7, 11) is -3.55. The largest absolute Gasteiger partial charge is 0.315 e. The molecule has 1 aliphatic carbocycles. The van der Waals surface area contributed by atoms with Gasteiger partial charge in [-0.05, 0) is 33.1 Å². The van der Waals surface area contributed by atoms with Gasteiger partial charge in [-0.15, -0.1) is 0 Å². The molecule has 1 aromatic rings. The van der Waals surface area contributed by atoms with Gasteiger partial charge in [-0.2, -0.15) is 0 Å². The Morgan fingerprint density at radius 1 is 1.44 bits per heavy atom. The maximum Gasteiger partial charge on any atom is 0.305 e. The Hall–Kier alpha value is -0.660. The molecule has 1 heterocycles. The molecule has 0 amide bonds. The van der Waals surface area contributed by atoms with Crippen molar-refractivity contribution < 1.29 is 8.42 Å². The number of thiazole rings is 1. The second kappa shape index (κ2) is 3.68. The van der Waals surface area contributed by atoms with Crippen LogP contribution in [0.15, 0.2) is 9.00 Å². The van der Waals surface area contributed by atoms with Crippen LogP contribution in [-0.4, -0.2) is 18.9 Å². The molecule has 0 aliphatic heterocycles. The molecule has 0 aromatic carbocycles. The van der Waals surface area contributed by atoms with Crippen LogP contribution in [0.2, 0.25) is 0 Å². The maximum atomic E-state index is 12.0. The Labute approximate surface area is 97.9 Å². The van der Waals surface area contributed by atoms with E-state index in [9.17, 15) is 13.2 Å². The Balaban J connectivity index is 2.32. The molecule has 0 bridgehead atoms. The van der Waals surface area contributed by atoms with Crippen molar-refractivity contribution >= 4 is 21.4 Å². The summed E-state index contributed by atoms with van der Waals surface area (Å²) in [6.45, 7) is 3.48. The maximum absolute atomic E-state index is 12.0. The fourth-order valence-corrected chi connectivity index (χ4v) is 4.59. The number of H-pyrrole nitrogens is 1. The molecule has 1 saturated carbocycles. The summed E-state index contributed by atoms with van der Waals surface area (Å²) in [6.07, 6.45) is 2.75. The lowest BCUT2D eigenvalue weighted by atomic mass is 9.80. The van der Waals surface area contributed by atoms with Gasteiger partial charge in [0.15, 0.2) is 4.21 Å². The zero-order chi connectivity index (χ0) is 12.0. The van der Waals surface area contributed by atoms with Crippen molar-refractivity contribution in [1.29, 1.82) is 0 Å². The molecule has 5 nitrogen and oxygen atoms in total. The van der Waals surface area contributed by atoms with Gasteiger partial charge in [0.1, 0.15) is 0 Å². The molecule has 0 spiro atoms. The van der Waals surface area contributed by atoms with Crippen molar-refractivity contribution in [3.05, 3.63) is 15.4 Å². The van der Waals surface area contributed by atoms with E-state index >= 15 is 0 Å². The third-order valence-corrected chi connectivity index (χ3v) is 6.11. The Morgan fingerprint density at radius 3 is 2.44 bits per heavy atom. The monoisotopic (exact) mass is 262 g/mol. The van der Waals surface area contributed by atoms with E-state index < -0.39 is 10.0 Å². The highest BCUT2D eigenvalue weighted by Gasteiger charge is 2.37. The van der Waals surface area contributed by atoms with Gasteiger partial charge in [0.2, 0.25) is 0 Å². The van der Waals surface area contributed by atoms with Crippen LogP contribution in [0.4, 0.5) is 0 Å². The molecule has 7 heteroatoms. The molecule has 0 unspecified atom stereocenters. The zero-order valence-electron chi connectivity index (χ0n) is 9.16. The van der Waals surface area contributed by atoms with Crippen molar-refractivity contribution in [2.75, 3.05) is 0 Å². The van der Waals surface area contributed by atoms with Crippen molar-refractivity contribution in [3.63, 3.8) is 0 Å². The van der Waals surface area contributed by atoms with Crippen LogP contribution in [0.1, 0.15) is 31.9 Å². The molecule has 1 aliphatic rings. The molecule has 0 saturated heterocycles. The summed E-state index contributed by atoms with van der Waals surface area (Å²) in [5, 5.41) is 0. The first-order valence-corrected chi connectivity index (χ1v) is 7.36. The third-order valence-electron chi connectivity index (χ3n) is 2.86. The molecule has 2 rings (SSSR count). The number of hydrogen-bond acceptors (Lipinski definition) is 4. The number of aromatic amines is 1. The van der Waals surface area contributed by atoms with Crippen LogP contribution in [0, 0.1) is 6.92 Å². The van der Waals surface area contributed by atoms with Crippen molar-refractivity contribution in [2.24, 2.45) is 0 Å². The van der Waals surface area contributed by atoms with Crippen LogP contribution in [0.5, 0.6) is 0 Å². The average molecular weight is 262 g/mol. The SMILES string of the molecule is Cc1[nH]c(=O)sc1S(=O)(=O)NC1(C)CCC1. The lowest BCUT2D eigenvalue weighted by Crippen LogP contribution is -2.50. The van der Waals surface area contributed by atoms with Crippen molar-refractivity contribution in [3.8, 4) is 0 Å². The van der Waals surface area contributed by atoms with E-state index in [-0.39, 0.29) is 14.6 Å². The Kier molecular flexibility index (Phi) is 2.72. The third kappa shape index (κ3) is 2.07. The second-order valence-corrected chi connectivity index (χ2v) is 7.31. The molecular formula is C9H14N2O3S2. The minimum atomic E-state index is -3.55. The summed E-state index contributed by atoms with van der Waals surface area (Å²) in [5.74, 6) is 0. The quantitative estimate of drug-likeness (QED) is 0.851. The van der Waals surface area contributed by atoms with Crippen LogP contribution in [-0.2, 0) is 10.0 Å². The highest BCUT2D eigenvalue weighted by molar-refractivity contribution is 7.91. The second-order valence-electron chi connectivity index (χ2n) is 4.45. The number of aryl methyl sites for hydroxylation is 1. The van der Waals surface area contributed by atoms with Gasteiger partial charge in [-0.3, -0.25) is 4.79 Å². The van der Waals surface area contributed by atoms with Gasteiger partial charge < -0.3 is 4.98 Å². The van der Waals surface area contributed by atoms with E-state index in [4.69, 9.17) is 0 Å². The van der Waals surface area contributed by atoms with Crippen molar-refractivity contribution in [1.82, 2.24) is 9.71 Å².